The molecule has 1 aromatic rings. The Balaban J connectivity index is 1.93. The van der Waals surface area contributed by atoms with E-state index < -0.39 is 5.97 Å². The molecule has 0 bridgehead atoms. The Kier molecular flexibility index (Phi) is 4.24. The molecule has 1 aliphatic rings. The lowest BCUT2D eigenvalue weighted by Crippen LogP contribution is -2.30. The summed E-state index contributed by atoms with van der Waals surface area (Å²) in [5.74, 6) is -0.427. The summed E-state index contributed by atoms with van der Waals surface area (Å²) >= 11 is 9.04. The van der Waals surface area contributed by atoms with Gasteiger partial charge >= 0.3 is 5.97 Å². The van der Waals surface area contributed by atoms with Crippen molar-refractivity contribution in [2.45, 2.75) is 18.9 Å². The maximum Gasteiger partial charge on any atom is 0.339 e. The number of halogens is 2. The van der Waals surface area contributed by atoms with Crippen LogP contribution in [-0.4, -0.2) is 24.5 Å². The molecule has 1 N–H and O–H groups in total. The predicted molar refractivity (Wildman–Crippen MR) is 70.6 cm³/mol. The number of rotatable bonds is 3. The number of esters is 1. The van der Waals surface area contributed by atoms with Gasteiger partial charge in [0, 0.05) is 15.9 Å². The first kappa shape index (κ1) is 13.4. The average Bonchev–Trinajstić information content (AvgIpc) is 2.72. The molecule has 1 amide bonds. The van der Waals surface area contributed by atoms with Crippen LogP contribution in [0.3, 0.4) is 0 Å². The van der Waals surface area contributed by atoms with E-state index in [0.29, 0.717) is 27.9 Å². The first-order valence-corrected chi connectivity index (χ1v) is 6.65. The fraction of sp³-hybridized carbons (Fsp3) is 0.333. The van der Waals surface area contributed by atoms with Crippen molar-refractivity contribution in [3.63, 3.8) is 0 Å². The lowest BCUT2D eigenvalue weighted by Gasteiger charge is -2.11. The summed E-state index contributed by atoms with van der Waals surface area (Å²) in [6.45, 7) is 0.194. The highest BCUT2D eigenvalue weighted by Crippen LogP contribution is 2.22. The van der Waals surface area contributed by atoms with Gasteiger partial charge in [0.15, 0.2) is 0 Å². The fourth-order valence-corrected chi connectivity index (χ4v) is 2.56. The SMILES string of the molecule is O=C1CCC(COC(=O)c2ccc(Cl)cc2Br)N1. The molecule has 18 heavy (non-hydrogen) atoms. The second-order valence-corrected chi connectivity index (χ2v) is 5.32. The van der Waals surface area contributed by atoms with E-state index >= 15 is 0 Å². The predicted octanol–water partition coefficient (Wildman–Crippen LogP) is 2.54. The van der Waals surface area contributed by atoms with Crippen LogP contribution in [0.15, 0.2) is 22.7 Å². The highest BCUT2D eigenvalue weighted by molar-refractivity contribution is 9.10. The highest BCUT2D eigenvalue weighted by atomic mass is 79.9. The van der Waals surface area contributed by atoms with Crippen LogP contribution in [0, 0.1) is 0 Å². The number of amides is 1. The molecule has 1 heterocycles. The minimum Gasteiger partial charge on any atom is -0.460 e. The summed E-state index contributed by atoms with van der Waals surface area (Å²) in [5.41, 5.74) is 0.420. The van der Waals surface area contributed by atoms with Crippen molar-refractivity contribution in [2.24, 2.45) is 0 Å². The van der Waals surface area contributed by atoms with Crippen LogP contribution in [0.5, 0.6) is 0 Å². The van der Waals surface area contributed by atoms with Crippen LogP contribution in [-0.2, 0) is 9.53 Å². The Morgan fingerprint density at radius 2 is 2.33 bits per heavy atom. The highest BCUT2D eigenvalue weighted by Gasteiger charge is 2.22. The van der Waals surface area contributed by atoms with Crippen LogP contribution in [0.2, 0.25) is 5.02 Å². The largest absolute Gasteiger partial charge is 0.460 e. The van der Waals surface area contributed by atoms with Crippen molar-refractivity contribution in [1.29, 1.82) is 0 Å². The molecule has 6 heteroatoms. The summed E-state index contributed by atoms with van der Waals surface area (Å²) in [5, 5.41) is 3.28. The van der Waals surface area contributed by atoms with Gasteiger partial charge in [-0.15, -0.1) is 0 Å². The van der Waals surface area contributed by atoms with Crippen LogP contribution in [0.4, 0.5) is 0 Å². The van der Waals surface area contributed by atoms with E-state index in [1.807, 2.05) is 0 Å². The Morgan fingerprint density at radius 3 is 2.94 bits per heavy atom. The van der Waals surface area contributed by atoms with E-state index in [4.69, 9.17) is 16.3 Å². The molecule has 1 fully saturated rings. The van der Waals surface area contributed by atoms with Crippen molar-refractivity contribution >= 4 is 39.4 Å². The molecule has 0 radical (unpaired) electrons. The molecule has 1 saturated heterocycles. The Labute approximate surface area is 118 Å². The number of hydrogen-bond acceptors (Lipinski definition) is 3. The van der Waals surface area contributed by atoms with E-state index in [1.165, 1.54) is 0 Å². The monoisotopic (exact) mass is 331 g/mol. The van der Waals surface area contributed by atoms with Crippen molar-refractivity contribution in [3.05, 3.63) is 33.3 Å². The number of nitrogens with one attached hydrogen (secondary N) is 1. The van der Waals surface area contributed by atoms with Gasteiger partial charge in [-0.3, -0.25) is 4.79 Å². The quantitative estimate of drug-likeness (QED) is 0.866. The first-order valence-electron chi connectivity index (χ1n) is 5.48. The molecule has 1 aromatic carbocycles. The maximum absolute atomic E-state index is 11.8. The molecule has 0 spiro atoms. The minimum atomic E-state index is -0.431. The molecule has 0 aliphatic carbocycles. The lowest BCUT2D eigenvalue weighted by atomic mass is 10.2. The number of carbonyl (C=O) groups is 2. The van der Waals surface area contributed by atoms with Crippen LogP contribution < -0.4 is 5.32 Å². The smallest absolute Gasteiger partial charge is 0.339 e. The molecule has 2 rings (SSSR count). The van der Waals surface area contributed by atoms with Crippen molar-refractivity contribution in [3.8, 4) is 0 Å². The van der Waals surface area contributed by atoms with Crippen molar-refractivity contribution in [1.82, 2.24) is 5.32 Å². The average molecular weight is 333 g/mol. The molecule has 0 saturated carbocycles. The van der Waals surface area contributed by atoms with E-state index in [9.17, 15) is 9.59 Å². The molecule has 0 aromatic heterocycles. The third-order valence-corrected chi connectivity index (χ3v) is 3.54. The molecule has 1 unspecified atom stereocenters. The zero-order chi connectivity index (χ0) is 13.1. The molecular weight excluding hydrogens is 321 g/mol. The van der Waals surface area contributed by atoms with Gasteiger partial charge in [0.1, 0.15) is 6.61 Å². The van der Waals surface area contributed by atoms with Crippen LogP contribution in [0.25, 0.3) is 0 Å². The second kappa shape index (κ2) is 5.71. The van der Waals surface area contributed by atoms with E-state index in [0.717, 1.165) is 0 Å². The Bertz CT molecular complexity index is 492. The number of ether oxygens (including phenoxy) is 1. The second-order valence-electron chi connectivity index (χ2n) is 4.03. The van der Waals surface area contributed by atoms with Gasteiger partial charge < -0.3 is 10.1 Å². The third kappa shape index (κ3) is 3.23. The Morgan fingerprint density at radius 1 is 1.56 bits per heavy atom. The van der Waals surface area contributed by atoms with Gasteiger partial charge in [-0.05, 0) is 40.5 Å². The van der Waals surface area contributed by atoms with Gasteiger partial charge in [-0.25, -0.2) is 4.79 Å². The fourth-order valence-electron chi connectivity index (χ4n) is 1.71. The maximum atomic E-state index is 11.8. The summed E-state index contributed by atoms with van der Waals surface area (Å²) in [6.07, 6.45) is 1.20. The Hall–Kier alpha value is -1.07. The summed E-state index contributed by atoms with van der Waals surface area (Å²) in [7, 11) is 0. The summed E-state index contributed by atoms with van der Waals surface area (Å²) in [4.78, 5) is 22.8. The van der Waals surface area contributed by atoms with Gasteiger partial charge in [-0.1, -0.05) is 11.6 Å². The number of carbonyl (C=O) groups excluding carboxylic acids is 2. The zero-order valence-corrected chi connectivity index (χ0v) is 11.8. The van der Waals surface area contributed by atoms with Gasteiger partial charge in [0.2, 0.25) is 5.91 Å². The lowest BCUT2D eigenvalue weighted by molar-refractivity contribution is -0.119. The summed E-state index contributed by atoms with van der Waals surface area (Å²) in [6, 6.07) is 4.78. The summed E-state index contributed by atoms with van der Waals surface area (Å²) < 4.78 is 5.75. The standard InChI is InChI=1S/C12H11BrClNO3/c13-10-5-7(14)1-3-9(10)12(17)18-6-8-2-4-11(16)15-8/h1,3,5,8H,2,4,6H2,(H,15,16). The van der Waals surface area contributed by atoms with E-state index in [-0.39, 0.29) is 18.6 Å². The molecular formula is C12H11BrClNO3. The normalized spacial score (nSPS) is 18.6. The van der Waals surface area contributed by atoms with Gasteiger partial charge in [-0.2, -0.15) is 0 Å². The molecule has 1 aliphatic heterocycles. The van der Waals surface area contributed by atoms with E-state index in [2.05, 4.69) is 21.2 Å². The van der Waals surface area contributed by atoms with Crippen LogP contribution >= 0.6 is 27.5 Å². The minimum absolute atomic E-state index is 0.00345. The topological polar surface area (TPSA) is 55.4 Å². The van der Waals surface area contributed by atoms with Crippen molar-refractivity contribution in [2.75, 3.05) is 6.61 Å². The van der Waals surface area contributed by atoms with Gasteiger partial charge in [0.05, 0.1) is 11.6 Å². The molecule has 4 nitrogen and oxygen atoms in total. The number of hydrogen-bond donors (Lipinski definition) is 1. The van der Waals surface area contributed by atoms with Crippen LogP contribution in [0.1, 0.15) is 23.2 Å². The molecule has 96 valence electrons. The van der Waals surface area contributed by atoms with E-state index in [1.54, 1.807) is 18.2 Å². The third-order valence-electron chi connectivity index (χ3n) is 2.65. The van der Waals surface area contributed by atoms with Crippen molar-refractivity contribution < 1.29 is 14.3 Å². The van der Waals surface area contributed by atoms with Gasteiger partial charge in [0.25, 0.3) is 0 Å². The number of benzene rings is 1. The first-order chi connectivity index (χ1) is 8.56. The molecule has 1 atom stereocenters. The zero-order valence-electron chi connectivity index (χ0n) is 9.41.